The summed E-state index contributed by atoms with van der Waals surface area (Å²) in [7, 11) is 0. The van der Waals surface area contributed by atoms with Gasteiger partial charge in [-0.25, -0.2) is 8.78 Å². The molecule has 1 aliphatic rings. The van der Waals surface area contributed by atoms with Gasteiger partial charge < -0.3 is 19.3 Å². The van der Waals surface area contributed by atoms with Crippen molar-refractivity contribution in [2.45, 2.75) is 25.0 Å². The number of halogens is 2. The van der Waals surface area contributed by atoms with E-state index >= 15 is 0 Å². The van der Waals surface area contributed by atoms with E-state index in [4.69, 9.17) is 9.26 Å². The molecule has 7 heteroatoms. The van der Waals surface area contributed by atoms with Gasteiger partial charge >= 0.3 is 0 Å². The second-order valence-corrected chi connectivity index (χ2v) is 7.92. The fourth-order valence-electron chi connectivity index (χ4n) is 4.29. The second kappa shape index (κ2) is 8.59. The van der Waals surface area contributed by atoms with E-state index in [-0.39, 0.29) is 24.2 Å². The Morgan fingerprint density at radius 2 is 1.62 bits per heavy atom. The zero-order valence-corrected chi connectivity index (χ0v) is 17.2. The standard InChI is InChI=1S/C25H22F2N2O3/c26-18-10-6-16(7-11-18)20(17-8-12-19(27)13-9-17)3-2-14-29-23(30)15-31-21-4-1-5-22-24(21)25(29)28-32-22/h1,4-13,20,23,30H,2-3,14-15H2. The maximum atomic E-state index is 13.5. The van der Waals surface area contributed by atoms with E-state index in [2.05, 4.69) is 5.16 Å². The molecule has 0 fully saturated rings. The summed E-state index contributed by atoms with van der Waals surface area (Å²) >= 11 is 0. The van der Waals surface area contributed by atoms with Crippen LogP contribution in [0.1, 0.15) is 29.9 Å². The van der Waals surface area contributed by atoms with Crippen molar-refractivity contribution in [2.24, 2.45) is 0 Å². The van der Waals surface area contributed by atoms with E-state index in [0.717, 1.165) is 16.5 Å². The van der Waals surface area contributed by atoms with E-state index in [1.807, 2.05) is 18.2 Å². The maximum absolute atomic E-state index is 13.5. The third-order valence-corrected chi connectivity index (χ3v) is 5.90. The third-order valence-electron chi connectivity index (χ3n) is 5.90. The van der Waals surface area contributed by atoms with Crippen molar-refractivity contribution in [1.29, 1.82) is 0 Å². The minimum Gasteiger partial charge on any atom is -0.488 e. The van der Waals surface area contributed by atoms with Gasteiger partial charge in [-0.15, -0.1) is 0 Å². The molecule has 0 bridgehead atoms. The molecule has 0 spiro atoms. The average Bonchev–Trinajstić information content (AvgIpc) is 3.18. The molecule has 0 aliphatic carbocycles. The maximum Gasteiger partial charge on any atom is 0.185 e. The Kier molecular flexibility index (Phi) is 5.49. The van der Waals surface area contributed by atoms with E-state index in [0.29, 0.717) is 36.5 Å². The summed E-state index contributed by atoms with van der Waals surface area (Å²) < 4.78 is 38.1. The van der Waals surface area contributed by atoms with Gasteiger partial charge in [-0.3, -0.25) is 0 Å². The summed E-state index contributed by atoms with van der Waals surface area (Å²) in [5.74, 6) is 0.554. The first-order chi connectivity index (χ1) is 15.6. The summed E-state index contributed by atoms with van der Waals surface area (Å²) in [6.07, 6.45) is 0.544. The normalized spacial score (nSPS) is 15.8. The predicted octanol–water partition coefficient (Wildman–Crippen LogP) is 5.24. The highest BCUT2D eigenvalue weighted by Crippen LogP contribution is 2.38. The van der Waals surface area contributed by atoms with Crippen molar-refractivity contribution in [3.63, 3.8) is 0 Å². The van der Waals surface area contributed by atoms with Crippen LogP contribution in [0, 0.1) is 11.6 Å². The molecule has 4 aromatic rings. The lowest BCUT2D eigenvalue weighted by atomic mass is 9.87. The Hall–Kier alpha value is -3.45. The minimum absolute atomic E-state index is 0.0406. The molecular formula is C25H22F2N2O3. The summed E-state index contributed by atoms with van der Waals surface area (Å²) in [6.45, 7) is 0.633. The molecular weight excluding hydrogens is 414 g/mol. The third kappa shape index (κ3) is 3.91. The van der Waals surface area contributed by atoms with Crippen LogP contribution in [-0.2, 0) is 0 Å². The lowest BCUT2D eigenvalue weighted by Crippen LogP contribution is -2.39. The molecule has 164 valence electrons. The molecule has 2 heterocycles. The first kappa shape index (κ1) is 20.5. The van der Waals surface area contributed by atoms with E-state index in [1.165, 1.54) is 24.3 Å². The smallest absolute Gasteiger partial charge is 0.185 e. The van der Waals surface area contributed by atoms with Crippen LogP contribution in [0.4, 0.5) is 14.6 Å². The highest BCUT2D eigenvalue weighted by atomic mass is 19.1. The summed E-state index contributed by atoms with van der Waals surface area (Å²) in [5.41, 5.74) is 2.51. The number of hydrogen-bond acceptors (Lipinski definition) is 5. The fraction of sp³-hybridized carbons (Fsp3) is 0.240. The molecule has 1 aliphatic heterocycles. The summed E-state index contributed by atoms with van der Waals surface area (Å²) in [5, 5.41) is 15.6. The number of hydrogen-bond donors (Lipinski definition) is 1. The molecule has 1 unspecified atom stereocenters. The lowest BCUT2D eigenvalue weighted by molar-refractivity contribution is 0.105. The van der Waals surface area contributed by atoms with Crippen LogP contribution >= 0.6 is 0 Å². The molecule has 1 atom stereocenters. The Bertz CT molecular complexity index is 1160. The Morgan fingerprint density at radius 3 is 2.28 bits per heavy atom. The van der Waals surface area contributed by atoms with Crippen LogP contribution in [0.15, 0.2) is 71.3 Å². The molecule has 0 amide bonds. The van der Waals surface area contributed by atoms with Crippen LogP contribution in [0.5, 0.6) is 5.75 Å². The first-order valence-corrected chi connectivity index (χ1v) is 10.6. The van der Waals surface area contributed by atoms with Gasteiger partial charge in [0, 0.05) is 12.5 Å². The van der Waals surface area contributed by atoms with Gasteiger partial charge in [-0.1, -0.05) is 35.5 Å². The molecule has 1 aromatic heterocycles. The number of anilines is 1. The van der Waals surface area contributed by atoms with Gasteiger partial charge in [-0.05, 0) is 60.4 Å². The second-order valence-electron chi connectivity index (χ2n) is 7.92. The number of nitrogens with zero attached hydrogens (tertiary/aromatic N) is 2. The van der Waals surface area contributed by atoms with E-state index in [9.17, 15) is 13.9 Å². The van der Waals surface area contributed by atoms with Crippen molar-refractivity contribution >= 4 is 16.8 Å². The average molecular weight is 436 g/mol. The molecule has 0 saturated carbocycles. The highest BCUT2D eigenvalue weighted by Gasteiger charge is 2.28. The van der Waals surface area contributed by atoms with Crippen LogP contribution in [0.25, 0.3) is 11.0 Å². The van der Waals surface area contributed by atoms with Crippen LogP contribution in [-0.4, -0.2) is 29.6 Å². The van der Waals surface area contributed by atoms with Gasteiger partial charge in [0.15, 0.2) is 17.6 Å². The Morgan fingerprint density at radius 1 is 0.969 bits per heavy atom. The van der Waals surface area contributed by atoms with Crippen molar-refractivity contribution in [2.75, 3.05) is 18.1 Å². The van der Waals surface area contributed by atoms with Gasteiger partial charge in [-0.2, -0.15) is 0 Å². The number of aromatic nitrogens is 1. The molecule has 5 nitrogen and oxygen atoms in total. The van der Waals surface area contributed by atoms with Gasteiger partial charge in [0.1, 0.15) is 29.4 Å². The first-order valence-electron chi connectivity index (χ1n) is 10.6. The monoisotopic (exact) mass is 436 g/mol. The Labute approximate surface area is 183 Å². The molecule has 1 N–H and O–H groups in total. The van der Waals surface area contributed by atoms with Gasteiger partial charge in [0.25, 0.3) is 0 Å². The number of aliphatic hydroxyl groups excluding tert-OH is 1. The topological polar surface area (TPSA) is 58.7 Å². The molecule has 3 aromatic carbocycles. The van der Waals surface area contributed by atoms with E-state index < -0.39 is 6.23 Å². The SMILES string of the molecule is OC1COc2cccc3onc(c23)N1CCCC(c1ccc(F)cc1)c1ccc(F)cc1. The van der Waals surface area contributed by atoms with Crippen molar-refractivity contribution in [3.05, 3.63) is 89.5 Å². The molecule has 0 saturated heterocycles. The molecule has 5 rings (SSSR count). The number of rotatable bonds is 6. The lowest BCUT2D eigenvalue weighted by Gasteiger charge is -2.26. The zero-order chi connectivity index (χ0) is 22.1. The summed E-state index contributed by atoms with van der Waals surface area (Å²) in [4.78, 5) is 1.79. The molecule has 0 radical (unpaired) electrons. The largest absolute Gasteiger partial charge is 0.488 e. The Balaban J connectivity index is 1.38. The quantitative estimate of drug-likeness (QED) is 0.448. The highest BCUT2D eigenvalue weighted by molar-refractivity contribution is 5.94. The summed E-state index contributed by atoms with van der Waals surface area (Å²) in [6, 6.07) is 18.2. The van der Waals surface area contributed by atoms with Crippen LogP contribution < -0.4 is 9.64 Å². The van der Waals surface area contributed by atoms with Crippen LogP contribution in [0.3, 0.4) is 0 Å². The fourth-order valence-corrected chi connectivity index (χ4v) is 4.29. The van der Waals surface area contributed by atoms with Crippen molar-refractivity contribution in [3.8, 4) is 5.75 Å². The van der Waals surface area contributed by atoms with Crippen LogP contribution in [0.2, 0.25) is 0 Å². The molecule has 32 heavy (non-hydrogen) atoms. The number of aliphatic hydroxyl groups is 1. The van der Waals surface area contributed by atoms with Crippen molar-refractivity contribution < 1.29 is 23.1 Å². The minimum atomic E-state index is -0.870. The predicted molar refractivity (Wildman–Crippen MR) is 117 cm³/mol. The number of ether oxygens (including phenoxy) is 1. The number of benzene rings is 3. The van der Waals surface area contributed by atoms with Crippen molar-refractivity contribution in [1.82, 2.24) is 5.16 Å². The zero-order valence-electron chi connectivity index (χ0n) is 17.2. The van der Waals surface area contributed by atoms with Gasteiger partial charge in [0.2, 0.25) is 0 Å². The van der Waals surface area contributed by atoms with E-state index in [1.54, 1.807) is 29.2 Å². The van der Waals surface area contributed by atoms with Gasteiger partial charge in [0.05, 0.1) is 0 Å².